The summed E-state index contributed by atoms with van der Waals surface area (Å²) < 4.78 is 0. The highest BCUT2D eigenvalue weighted by atomic mass is 16.4. The Kier molecular flexibility index (Phi) is 3.89. The van der Waals surface area contributed by atoms with E-state index in [1.807, 2.05) is 6.08 Å². The van der Waals surface area contributed by atoms with E-state index in [-0.39, 0.29) is 11.5 Å². The van der Waals surface area contributed by atoms with Crippen LogP contribution in [0.15, 0.2) is 23.8 Å². The predicted molar refractivity (Wildman–Crippen MR) is 53.9 cm³/mol. The molecule has 2 atom stereocenters. The van der Waals surface area contributed by atoms with Gasteiger partial charge in [0.1, 0.15) is 0 Å². The third kappa shape index (κ3) is 3.00. The fraction of sp³-hybridized carbons (Fsp3) is 0.545. The maximum Gasteiger partial charge on any atom is 0.331 e. The first kappa shape index (κ1) is 11.0. The van der Waals surface area contributed by atoms with Crippen LogP contribution in [-0.2, 0) is 4.79 Å². The molecular weight excluding hydrogens is 180 g/mol. The van der Waals surface area contributed by atoms with Crippen LogP contribution in [0.4, 0.5) is 0 Å². The number of allylic oxidation sites excluding steroid dienone is 2. The molecule has 0 saturated carbocycles. The third-order valence-corrected chi connectivity index (χ3v) is 2.55. The Bertz CT molecular complexity index is 266. The molecule has 0 amide bonds. The van der Waals surface area contributed by atoms with Crippen LogP contribution in [0.5, 0.6) is 0 Å². The van der Waals surface area contributed by atoms with Crippen LogP contribution in [0.2, 0.25) is 0 Å². The summed E-state index contributed by atoms with van der Waals surface area (Å²) in [5.74, 6) is -0.787. The lowest BCUT2D eigenvalue weighted by Crippen LogP contribution is -2.20. The van der Waals surface area contributed by atoms with Crippen LogP contribution in [-0.4, -0.2) is 22.3 Å². The van der Waals surface area contributed by atoms with E-state index in [1.165, 1.54) is 13.0 Å². The van der Waals surface area contributed by atoms with E-state index in [2.05, 4.69) is 6.08 Å². The molecule has 0 aromatic carbocycles. The van der Waals surface area contributed by atoms with Crippen molar-refractivity contribution in [3.63, 3.8) is 0 Å². The van der Waals surface area contributed by atoms with Gasteiger partial charge in [0.25, 0.3) is 0 Å². The molecule has 1 aliphatic rings. The zero-order valence-corrected chi connectivity index (χ0v) is 8.31. The normalized spacial score (nSPS) is 24.7. The lowest BCUT2D eigenvalue weighted by atomic mass is 9.88. The number of carbonyl (C=O) groups is 1. The third-order valence-electron chi connectivity index (χ3n) is 2.55. The molecule has 0 aliphatic heterocycles. The summed E-state index contributed by atoms with van der Waals surface area (Å²) in [5.41, 5.74) is 0.215. The molecule has 3 nitrogen and oxygen atoms in total. The molecule has 0 radical (unpaired) electrons. The molecule has 1 rings (SSSR count). The topological polar surface area (TPSA) is 57.5 Å². The van der Waals surface area contributed by atoms with Gasteiger partial charge in [-0.1, -0.05) is 12.2 Å². The van der Waals surface area contributed by atoms with Gasteiger partial charge in [-0.15, -0.1) is 0 Å². The molecule has 0 saturated heterocycles. The Morgan fingerprint density at radius 3 is 2.79 bits per heavy atom. The van der Waals surface area contributed by atoms with Crippen LogP contribution in [0.1, 0.15) is 26.2 Å². The molecule has 0 bridgehead atoms. The summed E-state index contributed by atoms with van der Waals surface area (Å²) in [6.07, 6.45) is 7.69. The molecule has 0 heterocycles. The van der Waals surface area contributed by atoms with Gasteiger partial charge in [-0.2, -0.15) is 0 Å². The highest BCUT2D eigenvalue weighted by Crippen LogP contribution is 2.22. The summed E-state index contributed by atoms with van der Waals surface area (Å²) in [7, 11) is 0. The first-order valence-corrected chi connectivity index (χ1v) is 4.86. The Morgan fingerprint density at radius 2 is 2.29 bits per heavy atom. The average Bonchev–Trinajstić information content (AvgIpc) is 2.19. The Hall–Kier alpha value is -1.09. The summed E-state index contributed by atoms with van der Waals surface area (Å²) in [5, 5.41) is 18.4. The van der Waals surface area contributed by atoms with E-state index in [0.717, 1.165) is 19.3 Å². The maximum atomic E-state index is 10.5. The number of rotatable bonds is 3. The van der Waals surface area contributed by atoms with Gasteiger partial charge in [-0.05, 0) is 38.2 Å². The number of hydrogen-bond donors (Lipinski definition) is 2. The van der Waals surface area contributed by atoms with Gasteiger partial charge in [0, 0.05) is 5.57 Å². The Labute approximate surface area is 83.8 Å². The van der Waals surface area contributed by atoms with Crippen molar-refractivity contribution in [1.82, 2.24) is 0 Å². The molecule has 3 heteroatoms. The van der Waals surface area contributed by atoms with Gasteiger partial charge >= 0.3 is 5.97 Å². The van der Waals surface area contributed by atoms with Crippen molar-refractivity contribution >= 4 is 5.97 Å². The van der Waals surface area contributed by atoms with Crippen molar-refractivity contribution in [3.05, 3.63) is 23.8 Å². The highest BCUT2D eigenvalue weighted by molar-refractivity contribution is 5.85. The van der Waals surface area contributed by atoms with Crippen LogP contribution in [0.25, 0.3) is 0 Å². The highest BCUT2D eigenvalue weighted by Gasteiger charge is 2.18. The SMILES string of the molecule is CC(=CC(O)C1CC=CCC1)C(=O)O. The molecule has 2 unspecified atom stereocenters. The smallest absolute Gasteiger partial charge is 0.331 e. The maximum absolute atomic E-state index is 10.5. The quantitative estimate of drug-likeness (QED) is 0.534. The van der Waals surface area contributed by atoms with Gasteiger partial charge in [0.15, 0.2) is 0 Å². The van der Waals surface area contributed by atoms with Gasteiger partial charge in [0.2, 0.25) is 0 Å². The van der Waals surface area contributed by atoms with Crippen molar-refractivity contribution in [2.75, 3.05) is 0 Å². The second kappa shape index (κ2) is 4.96. The van der Waals surface area contributed by atoms with E-state index in [0.29, 0.717) is 0 Å². The van der Waals surface area contributed by atoms with Crippen molar-refractivity contribution in [2.45, 2.75) is 32.3 Å². The summed E-state index contributed by atoms with van der Waals surface area (Å²) >= 11 is 0. The first-order valence-electron chi connectivity index (χ1n) is 4.86. The molecule has 0 aromatic rings. The standard InChI is InChI=1S/C11H16O3/c1-8(11(13)14)7-10(12)9-5-3-2-4-6-9/h2-3,7,9-10,12H,4-6H2,1H3,(H,13,14). The zero-order chi connectivity index (χ0) is 10.6. The van der Waals surface area contributed by atoms with Crippen LogP contribution >= 0.6 is 0 Å². The molecule has 78 valence electrons. The summed E-state index contributed by atoms with van der Waals surface area (Å²) in [4.78, 5) is 10.5. The Morgan fingerprint density at radius 1 is 1.57 bits per heavy atom. The fourth-order valence-corrected chi connectivity index (χ4v) is 1.59. The van der Waals surface area contributed by atoms with Gasteiger partial charge in [0.05, 0.1) is 6.10 Å². The predicted octanol–water partition coefficient (Wildman–Crippen LogP) is 1.73. The van der Waals surface area contributed by atoms with E-state index in [4.69, 9.17) is 5.11 Å². The average molecular weight is 196 g/mol. The molecule has 2 N–H and O–H groups in total. The second-order valence-corrected chi connectivity index (χ2v) is 3.69. The number of hydrogen-bond acceptors (Lipinski definition) is 2. The molecular formula is C11H16O3. The second-order valence-electron chi connectivity index (χ2n) is 3.69. The van der Waals surface area contributed by atoms with Gasteiger partial charge in [-0.3, -0.25) is 0 Å². The fourth-order valence-electron chi connectivity index (χ4n) is 1.59. The minimum Gasteiger partial charge on any atom is -0.478 e. The van der Waals surface area contributed by atoms with Crippen molar-refractivity contribution < 1.29 is 15.0 Å². The van der Waals surface area contributed by atoms with Gasteiger partial charge < -0.3 is 10.2 Å². The number of aliphatic carboxylic acids is 1. The lowest BCUT2D eigenvalue weighted by Gasteiger charge is -2.21. The van der Waals surface area contributed by atoms with E-state index < -0.39 is 12.1 Å². The van der Waals surface area contributed by atoms with E-state index in [9.17, 15) is 9.90 Å². The van der Waals surface area contributed by atoms with E-state index >= 15 is 0 Å². The Balaban J connectivity index is 2.56. The van der Waals surface area contributed by atoms with Crippen molar-refractivity contribution in [1.29, 1.82) is 0 Å². The monoisotopic (exact) mass is 196 g/mol. The number of carboxylic acids is 1. The van der Waals surface area contributed by atoms with Gasteiger partial charge in [-0.25, -0.2) is 4.79 Å². The number of aliphatic hydroxyl groups excluding tert-OH is 1. The molecule has 14 heavy (non-hydrogen) atoms. The number of aliphatic hydroxyl groups is 1. The van der Waals surface area contributed by atoms with Crippen LogP contribution < -0.4 is 0 Å². The molecule has 0 spiro atoms. The molecule has 0 aromatic heterocycles. The largest absolute Gasteiger partial charge is 0.478 e. The summed E-state index contributed by atoms with van der Waals surface area (Å²) in [6, 6.07) is 0. The molecule has 1 aliphatic carbocycles. The van der Waals surface area contributed by atoms with Crippen molar-refractivity contribution in [3.8, 4) is 0 Å². The number of carboxylic acid groups (broad SMARTS) is 1. The first-order chi connectivity index (χ1) is 6.61. The van der Waals surface area contributed by atoms with Crippen LogP contribution in [0, 0.1) is 5.92 Å². The zero-order valence-electron chi connectivity index (χ0n) is 8.31. The van der Waals surface area contributed by atoms with Crippen LogP contribution in [0.3, 0.4) is 0 Å². The van der Waals surface area contributed by atoms with E-state index in [1.54, 1.807) is 0 Å². The molecule has 0 fully saturated rings. The van der Waals surface area contributed by atoms with Crippen molar-refractivity contribution in [2.24, 2.45) is 5.92 Å². The summed E-state index contributed by atoms with van der Waals surface area (Å²) in [6.45, 7) is 1.50. The minimum absolute atomic E-state index is 0.175. The minimum atomic E-state index is -0.963. The lowest BCUT2D eigenvalue weighted by molar-refractivity contribution is -0.132.